The van der Waals surface area contributed by atoms with Gasteiger partial charge in [-0.05, 0) is 28.7 Å². The number of nitrogens with zero attached hydrogens (tertiary/aromatic N) is 3. The normalized spacial score (nSPS) is 10.3. The number of pyridine rings is 1. The summed E-state index contributed by atoms with van der Waals surface area (Å²) in [5.41, 5.74) is 1.03. The van der Waals surface area contributed by atoms with Crippen molar-refractivity contribution in [3.8, 4) is 5.88 Å². The van der Waals surface area contributed by atoms with Crippen LogP contribution in [0.5, 0.6) is 5.88 Å². The second kappa shape index (κ2) is 4.61. The first-order valence-corrected chi connectivity index (χ1v) is 5.53. The molecule has 0 aliphatic carbocycles. The molecule has 0 saturated heterocycles. The number of aromatic nitrogens is 3. The molecule has 2 heterocycles. The van der Waals surface area contributed by atoms with E-state index in [9.17, 15) is 0 Å². The molecule has 4 nitrogen and oxygen atoms in total. The van der Waals surface area contributed by atoms with Crippen molar-refractivity contribution in [2.24, 2.45) is 0 Å². The van der Waals surface area contributed by atoms with E-state index in [2.05, 4.69) is 32.7 Å². The third kappa shape index (κ3) is 2.47. The van der Waals surface area contributed by atoms with Gasteiger partial charge in [-0.15, -0.1) is 0 Å². The maximum atomic E-state index is 5.17. The largest absolute Gasteiger partial charge is 0.481 e. The molecule has 2 aromatic rings. The molecule has 0 amide bonds. The van der Waals surface area contributed by atoms with Crippen molar-refractivity contribution in [3.05, 3.63) is 39.9 Å². The summed E-state index contributed by atoms with van der Waals surface area (Å²) in [4.78, 5) is 4.13. The molecule has 78 valence electrons. The SMILES string of the molecule is COc1ncccc1Cn1cc(I)cn1. The maximum absolute atomic E-state index is 5.17. The Bertz CT molecular complexity index is 455. The van der Waals surface area contributed by atoms with E-state index in [0.717, 1.165) is 9.13 Å². The van der Waals surface area contributed by atoms with Gasteiger partial charge in [0.1, 0.15) is 0 Å². The molecule has 5 heteroatoms. The Morgan fingerprint density at radius 3 is 3.07 bits per heavy atom. The van der Waals surface area contributed by atoms with E-state index in [1.807, 2.05) is 29.2 Å². The van der Waals surface area contributed by atoms with E-state index in [0.29, 0.717) is 12.4 Å². The number of ether oxygens (including phenoxy) is 1. The highest BCUT2D eigenvalue weighted by atomic mass is 127. The van der Waals surface area contributed by atoms with Crippen molar-refractivity contribution >= 4 is 22.6 Å². The van der Waals surface area contributed by atoms with Gasteiger partial charge >= 0.3 is 0 Å². The van der Waals surface area contributed by atoms with Gasteiger partial charge in [-0.1, -0.05) is 6.07 Å². The molecule has 0 N–H and O–H groups in total. The Morgan fingerprint density at radius 1 is 1.53 bits per heavy atom. The zero-order valence-electron chi connectivity index (χ0n) is 8.22. The van der Waals surface area contributed by atoms with Crippen LogP contribution in [0.3, 0.4) is 0 Å². The molecule has 2 aromatic heterocycles. The number of hydrogen-bond donors (Lipinski definition) is 0. The third-order valence-corrected chi connectivity index (χ3v) is 2.53. The first kappa shape index (κ1) is 10.4. The predicted molar refractivity (Wildman–Crippen MR) is 64.8 cm³/mol. The summed E-state index contributed by atoms with van der Waals surface area (Å²) >= 11 is 2.23. The Labute approximate surface area is 101 Å². The summed E-state index contributed by atoms with van der Waals surface area (Å²) in [5, 5.41) is 4.21. The Kier molecular flexibility index (Phi) is 3.20. The van der Waals surface area contributed by atoms with E-state index in [1.54, 1.807) is 13.3 Å². The number of rotatable bonds is 3. The fourth-order valence-electron chi connectivity index (χ4n) is 1.33. The van der Waals surface area contributed by atoms with Crippen LogP contribution in [-0.4, -0.2) is 21.9 Å². The highest BCUT2D eigenvalue weighted by molar-refractivity contribution is 14.1. The average molecular weight is 315 g/mol. The highest BCUT2D eigenvalue weighted by Crippen LogP contribution is 2.15. The van der Waals surface area contributed by atoms with Crippen LogP contribution in [-0.2, 0) is 6.54 Å². The zero-order valence-corrected chi connectivity index (χ0v) is 10.4. The Morgan fingerprint density at radius 2 is 2.40 bits per heavy atom. The van der Waals surface area contributed by atoms with E-state index in [-0.39, 0.29) is 0 Å². The topological polar surface area (TPSA) is 39.9 Å². The van der Waals surface area contributed by atoms with Gasteiger partial charge in [0, 0.05) is 18.0 Å². The second-order valence-corrected chi connectivity index (χ2v) is 4.27. The van der Waals surface area contributed by atoms with E-state index >= 15 is 0 Å². The molecule has 0 fully saturated rings. The zero-order chi connectivity index (χ0) is 10.7. The first-order chi connectivity index (χ1) is 7.29. The fourth-order valence-corrected chi connectivity index (χ4v) is 1.77. The van der Waals surface area contributed by atoms with Gasteiger partial charge < -0.3 is 4.74 Å². The first-order valence-electron chi connectivity index (χ1n) is 4.45. The lowest BCUT2D eigenvalue weighted by molar-refractivity contribution is 0.390. The number of methoxy groups -OCH3 is 1. The minimum absolute atomic E-state index is 0.656. The number of halogens is 1. The van der Waals surface area contributed by atoms with Crippen molar-refractivity contribution in [2.75, 3.05) is 7.11 Å². The molecule has 0 unspecified atom stereocenters. The summed E-state index contributed by atoms with van der Waals surface area (Å²) in [6.07, 6.45) is 5.52. The predicted octanol–water partition coefficient (Wildman–Crippen LogP) is 1.94. The molecule has 0 bridgehead atoms. The van der Waals surface area contributed by atoms with Crippen molar-refractivity contribution in [1.29, 1.82) is 0 Å². The molecule has 0 aliphatic heterocycles. The summed E-state index contributed by atoms with van der Waals surface area (Å²) in [5.74, 6) is 0.656. The van der Waals surface area contributed by atoms with E-state index in [1.165, 1.54) is 0 Å². The van der Waals surface area contributed by atoms with Crippen molar-refractivity contribution < 1.29 is 4.74 Å². The third-order valence-electron chi connectivity index (χ3n) is 1.98. The monoisotopic (exact) mass is 315 g/mol. The van der Waals surface area contributed by atoms with Gasteiger partial charge in [0.05, 0.1) is 23.4 Å². The van der Waals surface area contributed by atoms with Gasteiger partial charge in [-0.3, -0.25) is 4.68 Å². The van der Waals surface area contributed by atoms with Crippen LogP contribution in [0.25, 0.3) is 0 Å². The molecular weight excluding hydrogens is 305 g/mol. The molecule has 0 saturated carbocycles. The van der Waals surface area contributed by atoms with Crippen molar-refractivity contribution in [2.45, 2.75) is 6.54 Å². The molecule has 0 spiro atoms. The van der Waals surface area contributed by atoms with Crippen molar-refractivity contribution in [1.82, 2.24) is 14.8 Å². The minimum atomic E-state index is 0.656. The summed E-state index contributed by atoms with van der Waals surface area (Å²) in [6, 6.07) is 3.88. The molecule has 0 radical (unpaired) electrons. The summed E-state index contributed by atoms with van der Waals surface area (Å²) < 4.78 is 8.15. The Hall–Kier alpha value is -1.11. The second-order valence-electron chi connectivity index (χ2n) is 3.03. The van der Waals surface area contributed by atoms with Crippen LogP contribution in [0.1, 0.15) is 5.56 Å². The summed E-state index contributed by atoms with van der Waals surface area (Å²) in [7, 11) is 1.62. The Balaban J connectivity index is 2.23. The molecule has 15 heavy (non-hydrogen) atoms. The lowest BCUT2D eigenvalue weighted by atomic mass is 10.3. The van der Waals surface area contributed by atoms with Crippen LogP contribution in [0.4, 0.5) is 0 Å². The van der Waals surface area contributed by atoms with E-state index in [4.69, 9.17) is 4.74 Å². The minimum Gasteiger partial charge on any atom is -0.481 e. The van der Waals surface area contributed by atoms with Gasteiger partial charge in [0.15, 0.2) is 0 Å². The molecular formula is C10H10IN3O. The maximum Gasteiger partial charge on any atom is 0.218 e. The average Bonchev–Trinajstić information content (AvgIpc) is 2.65. The molecule has 0 aliphatic rings. The van der Waals surface area contributed by atoms with E-state index < -0.39 is 0 Å². The molecule has 0 atom stereocenters. The van der Waals surface area contributed by atoms with Crippen LogP contribution in [0, 0.1) is 3.57 Å². The highest BCUT2D eigenvalue weighted by Gasteiger charge is 2.04. The standard InChI is InChI=1S/C10H10IN3O/c1-15-10-8(3-2-4-12-10)6-14-7-9(11)5-13-14/h2-5,7H,6H2,1H3. The van der Waals surface area contributed by atoms with Crippen LogP contribution >= 0.6 is 22.6 Å². The lowest BCUT2D eigenvalue weighted by Gasteiger charge is -2.06. The summed E-state index contributed by atoms with van der Waals surface area (Å²) in [6.45, 7) is 0.681. The smallest absolute Gasteiger partial charge is 0.218 e. The quantitative estimate of drug-likeness (QED) is 0.813. The van der Waals surface area contributed by atoms with Crippen molar-refractivity contribution in [3.63, 3.8) is 0 Å². The van der Waals surface area contributed by atoms with Gasteiger partial charge in [0.25, 0.3) is 0 Å². The lowest BCUT2D eigenvalue weighted by Crippen LogP contribution is -2.03. The van der Waals surface area contributed by atoms with Gasteiger partial charge in [-0.2, -0.15) is 5.10 Å². The van der Waals surface area contributed by atoms with Crippen LogP contribution in [0.15, 0.2) is 30.7 Å². The molecule has 0 aromatic carbocycles. The number of hydrogen-bond acceptors (Lipinski definition) is 3. The van der Waals surface area contributed by atoms with Gasteiger partial charge in [-0.25, -0.2) is 4.98 Å². The van der Waals surface area contributed by atoms with Crippen LogP contribution < -0.4 is 4.74 Å². The van der Waals surface area contributed by atoms with Gasteiger partial charge in [0.2, 0.25) is 5.88 Å². The van der Waals surface area contributed by atoms with Crippen LogP contribution in [0.2, 0.25) is 0 Å². The molecule has 2 rings (SSSR count). The fraction of sp³-hybridized carbons (Fsp3) is 0.200.